The van der Waals surface area contributed by atoms with Crippen LogP contribution in [0.3, 0.4) is 0 Å². The molecule has 0 aliphatic heterocycles. The Morgan fingerprint density at radius 3 is 3.00 bits per heavy atom. The molecular formula is C7H12ClN5O. The topological polar surface area (TPSA) is 83.6 Å². The van der Waals surface area contributed by atoms with Crippen molar-refractivity contribution in [2.75, 3.05) is 5.88 Å². The number of rotatable bonds is 6. The van der Waals surface area contributed by atoms with Crippen molar-refractivity contribution in [1.29, 1.82) is 0 Å². The summed E-state index contributed by atoms with van der Waals surface area (Å²) in [7, 11) is 0. The molecule has 0 atom stereocenters. The third-order valence-electron chi connectivity index (χ3n) is 1.62. The number of halogens is 1. The highest BCUT2D eigenvalue weighted by Crippen LogP contribution is 1.97. The number of unbranched alkanes of at least 4 members (excludes halogenated alkanes) is 1. The number of carbonyl (C=O) groups is 1. The first kappa shape index (κ1) is 10.9. The third-order valence-corrected chi connectivity index (χ3v) is 1.89. The van der Waals surface area contributed by atoms with Gasteiger partial charge in [0.05, 0.1) is 6.54 Å². The van der Waals surface area contributed by atoms with Crippen LogP contribution in [0.15, 0.2) is 0 Å². The summed E-state index contributed by atoms with van der Waals surface area (Å²) in [6.45, 7) is 0.316. The van der Waals surface area contributed by atoms with E-state index in [1.807, 2.05) is 0 Å². The second kappa shape index (κ2) is 6.31. The minimum atomic E-state index is -0.0140. The second-order valence-corrected chi connectivity index (χ2v) is 3.13. The third kappa shape index (κ3) is 4.18. The average molecular weight is 218 g/mol. The lowest BCUT2D eigenvalue weighted by molar-refractivity contribution is -0.121. The summed E-state index contributed by atoms with van der Waals surface area (Å²) in [6, 6.07) is 0. The smallest absolute Gasteiger partial charge is 0.220 e. The van der Waals surface area contributed by atoms with Crippen LogP contribution in [0.25, 0.3) is 0 Å². The predicted octanol–water partition coefficient (Wildman–Crippen LogP) is 0.225. The van der Waals surface area contributed by atoms with E-state index >= 15 is 0 Å². The molecule has 78 valence electrons. The molecule has 0 saturated carbocycles. The molecule has 0 spiro atoms. The van der Waals surface area contributed by atoms with E-state index in [9.17, 15) is 4.79 Å². The minimum Gasteiger partial charge on any atom is -0.349 e. The zero-order valence-corrected chi connectivity index (χ0v) is 8.42. The Morgan fingerprint density at radius 1 is 1.50 bits per heavy atom. The molecule has 0 aliphatic carbocycles. The summed E-state index contributed by atoms with van der Waals surface area (Å²) in [5.74, 6) is 1.06. The first-order valence-electron chi connectivity index (χ1n) is 4.38. The summed E-state index contributed by atoms with van der Waals surface area (Å²) in [6.07, 6.45) is 2.16. The van der Waals surface area contributed by atoms with Crippen LogP contribution >= 0.6 is 11.6 Å². The fourth-order valence-electron chi connectivity index (χ4n) is 0.903. The first-order valence-corrected chi connectivity index (χ1v) is 4.91. The van der Waals surface area contributed by atoms with Crippen LogP contribution in [0.2, 0.25) is 0 Å². The van der Waals surface area contributed by atoms with Crippen molar-refractivity contribution in [3.8, 4) is 0 Å². The van der Waals surface area contributed by atoms with Gasteiger partial charge in [-0.25, -0.2) is 0 Å². The minimum absolute atomic E-state index is 0.0140. The second-order valence-electron chi connectivity index (χ2n) is 2.75. The van der Waals surface area contributed by atoms with E-state index < -0.39 is 0 Å². The Labute approximate surface area is 86.4 Å². The van der Waals surface area contributed by atoms with Gasteiger partial charge in [-0.05, 0) is 12.8 Å². The highest BCUT2D eigenvalue weighted by atomic mass is 35.5. The van der Waals surface area contributed by atoms with Crippen LogP contribution in [0.4, 0.5) is 0 Å². The monoisotopic (exact) mass is 217 g/mol. The van der Waals surface area contributed by atoms with E-state index in [2.05, 4.69) is 25.9 Å². The van der Waals surface area contributed by atoms with E-state index in [4.69, 9.17) is 11.6 Å². The Morgan fingerprint density at radius 2 is 2.36 bits per heavy atom. The molecule has 2 N–H and O–H groups in total. The van der Waals surface area contributed by atoms with E-state index in [1.165, 1.54) is 0 Å². The molecule has 0 aliphatic rings. The largest absolute Gasteiger partial charge is 0.349 e. The van der Waals surface area contributed by atoms with Crippen molar-refractivity contribution in [1.82, 2.24) is 25.9 Å². The molecule has 0 aromatic carbocycles. The number of aromatic amines is 1. The van der Waals surface area contributed by atoms with Gasteiger partial charge in [0.25, 0.3) is 0 Å². The zero-order chi connectivity index (χ0) is 10.2. The Hall–Kier alpha value is -1.17. The van der Waals surface area contributed by atoms with Crippen molar-refractivity contribution < 1.29 is 4.79 Å². The number of hydrogen-bond acceptors (Lipinski definition) is 4. The van der Waals surface area contributed by atoms with Gasteiger partial charge in [-0.1, -0.05) is 5.21 Å². The fraction of sp³-hybridized carbons (Fsp3) is 0.714. The molecule has 1 rings (SSSR count). The van der Waals surface area contributed by atoms with Crippen LogP contribution in [0, 0.1) is 0 Å². The number of H-pyrrole nitrogens is 1. The Bertz CT molecular complexity index is 263. The highest BCUT2D eigenvalue weighted by molar-refractivity contribution is 6.17. The number of hydrogen-bond donors (Lipinski definition) is 2. The van der Waals surface area contributed by atoms with Crippen molar-refractivity contribution in [3.05, 3.63) is 5.82 Å². The number of alkyl halides is 1. The Kier molecular flexibility index (Phi) is 4.92. The number of nitrogens with one attached hydrogen (secondary N) is 2. The quantitative estimate of drug-likeness (QED) is 0.528. The number of nitrogens with zero attached hydrogens (tertiary/aromatic N) is 3. The lowest BCUT2D eigenvalue weighted by atomic mass is 10.2. The summed E-state index contributed by atoms with van der Waals surface area (Å²) in [5.41, 5.74) is 0. The summed E-state index contributed by atoms with van der Waals surface area (Å²) in [5, 5.41) is 15.8. The van der Waals surface area contributed by atoms with Crippen LogP contribution in [-0.4, -0.2) is 32.4 Å². The molecule has 6 nitrogen and oxygen atoms in total. The van der Waals surface area contributed by atoms with Gasteiger partial charge < -0.3 is 5.32 Å². The Balaban J connectivity index is 2.09. The van der Waals surface area contributed by atoms with Gasteiger partial charge in [-0.3, -0.25) is 4.79 Å². The molecule has 1 aromatic heterocycles. The summed E-state index contributed by atoms with van der Waals surface area (Å²) >= 11 is 5.48. The maximum Gasteiger partial charge on any atom is 0.220 e. The molecular weight excluding hydrogens is 206 g/mol. The summed E-state index contributed by atoms with van der Waals surface area (Å²) < 4.78 is 0. The number of aromatic nitrogens is 4. The molecule has 0 radical (unpaired) electrons. The molecule has 1 heterocycles. The van der Waals surface area contributed by atoms with E-state index in [0.29, 0.717) is 24.7 Å². The maximum absolute atomic E-state index is 11.2. The predicted molar refractivity (Wildman–Crippen MR) is 50.6 cm³/mol. The molecule has 0 bridgehead atoms. The normalized spacial score (nSPS) is 10.1. The van der Waals surface area contributed by atoms with Crippen molar-refractivity contribution in [3.63, 3.8) is 0 Å². The van der Waals surface area contributed by atoms with Gasteiger partial charge in [0.1, 0.15) is 0 Å². The van der Waals surface area contributed by atoms with Crippen molar-refractivity contribution in [2.45, 2.75) is 25.8 Å². The van der Waals surface area contributed by atoms with Crippen LogP contribution in [-0.2, 0) is 11.3 Å². The molecule has 0 fully saturated rings. The van der Waals surface area contributed by atoms with E-state index in [1.54, 1.807) is 0 Å². The average Bonchev–Trinajstić information content (AvgIpc) is 2.68. The highest BCUT2D eigenvalue weighted by Gasteiger charge is 2.02. The lowest BCUT2D eigenvalue weighted by Gasteiger charge is -2.00. The number of tetrazole rings is 1. The van der Waals surface area contributed by atoms with Gasteiger partial charge in [0.2, 0.25) is 5.91 Å². The van der Waals surface area contributed by atoms with E-state index in [0.717, 1.165) is 12.8 Å². The molecule has 7 heteroatoms. The van der Waals surface area contributed by atoms with Gasteiger partial charge in [0, 0.05) is 12.3 Å². The first-order chi connectivity index (χ1) is 6.83. The molecule has 1 aromatic rings. The molecule has 14 heavy (non-hydrogen) atoms. The van der Waals surface area contributed by atoms with Gasteiger partial charge in [-0.2, -0.15) is 5.21 Å². The zero-order valence-electron chi connectivity index (χ0n) is 7.66. The number of amides is 1. The van der Waals surface area contributed by atoms with Crippen LogP contribution in [0.5, 0.6) is 0 Å². The molecule has 0 unspecified atom stereocenters. The fourth-order valence-corrected chi connectivity index (χ4v) is 1.09. The standard InChI is InChI=1S/C7H12ClN5O/c8-4-2-1-3-7(14)9-5-6-10-12-13-11-6/h1-5H2,(H,9,14)(H,10,11,12,13). The van der Waals surface area contributed by atoms with Gasteiger partial charge in [-0.15, -0.1) is 21.8 Å². The summed E-state index contributed by atoms with van der Waals surface area (Å²) in [4.78, 5) is 11.2. The van der Waals surface area contributed by atoms with Crippen LogP contribution < -0.4 is 5.32 Å². The maximum atomic E-state index is 11.2. The number of carbonyl (C=O) groups excluding carboxylic acids is 1. The SMILES string of the molecule is O=C(CCCCCl)NCc1nn[nH]n1. The van der Waals surface area contributed by atoms with Gasteiger partial charge in [0.15, 0.2) is 5.82 Å². The van der Waals surface area contributed by atoms with Crippen LogP contribution in [0.1, 0.15) is 25.1 Å². The van der Waals surface area contributed by atoms with Crippen molar-refractivity contribution >= 4 is 17.5 Å². The molecule has 0 saturated heterocycles. The van der Waals surface area contributed by atoms with Crippen molar-refractivity contribution in [2.24, 2.45) is 0 Å². The molecule has 1 amide bonds. The van der Waals surface area contributed by atoms with E-state index in [-0.39, 0.29) is 5.91 Å². The lowest BCUT2D eigenvalue weighted by Crippen LogP contribution is -2.23. The van der Waals surface area contributed by atoms with Gasteiger partial charge >= 0.3 is 0 Å².